The van der Waals surface area contributed by atoms with Gasteiger partial charge in [0, 0.05) is 18.0 Å². The Bertz CT molecular complexity index is 493. The van der Waals surface area contributed by atoms with Gasteiger partial charge in [0.15, 0.2) is 5.75 Å². The third-order valence-electron chi connectivity index (χ3n) is 2.77. The number of aromatic hydroxyl groups is 1. The van der Waals surface area contributed by atoms with Crippen molar-refractivity contribution in [3.8, 4) is 5.75 Å². The third-order valence-corrected chi connectivity index (χ3v) is 3.81. The molecule has 2 heterocycles. The van der Waals surface area contributed by atoms with Crippen molar-refractivity contribution in [1.82, 2.24) is 14.1 Å². The van der Waals surface area contributed by atoms with E-state index in [0.717, 1.165) is 13.1 Å². The van der Waals surface area contributed by atoms with Gasteiger partial charge in [-0.2, -0.15) is 5.10 Å². The topological polar surface area (TPSA) is 41.3 Å². The van der Waals surface area contributed by atoms with Crippen LogP contribution in [0.1, 0.15) is 6.04 Å². The van der Waals surface area contributed by atoms with Gasteiger partial charge in [0.25, 0.3) is 0 Å². The fraction of sp³-hybridized carbons (Fsp3) is 0.250. The summed E-state index contributed by atoms with van der Waals surface area (Å²) >= 11 is 1.77. The molecule has 2 aromatic rings. The first-order valence-corrected chi connectivity index (χ1v) is 6.30. The Hall–Kier alpha value is -1.46. The minimum Gasteiger partial charge on any atom is -0.505 e. The largest absolute Gasteiger partial charge is 0.505 e. The molecular formula is C12H13N3OS. The van der Waals surface area contributed by atoms with Gasteiger partial charge in [-0.25, -0.2) is 4.31 Å². The fourth-order valence-electron chi connectivity index (χ4n) is 1.82. The van der Waals surface area contributed by atoms with E-state index in [1.54, 1.807) is 18.1 Å². The van der Waals surface area contributed by atoms with Gasteiger partial charge < -0.3 is 5.11 Å². The average molecular weight is 247 g/mol. The molecule has 3 rings (SSSR count). The standard InChI is InChI=1S/C12H13N3OS/c16-11-6-13-15(9-11)10-7-14(8-10)17-12-4-2-1-3-5-12/h1-6,9-10,16H,7-8H2. The molecule has 1 aliphatic heterocycles. The maximum atomic E-state index is 9.22. The normalized spacial score (nSPS) is 16.9. The number of nitrogens with zero attached hydrogens (tertiary/aromatic N) is 3. The SMILES string of the molecule is Oc1cnn(C2CN(Sc3ccccc3)C2)c1. The Labute approximate surface area is 104 Å². The molecule has 88 valence electrons. The van der Waals surface area contributed by atoms with E-state index in [-0.39, 0.29) is 5.75 Å². The van der Waals surface area contributed by atoms with E-state index in [1.807, 2.05) is 22.9 Å². The molecular weight excluding hydrogens is 234 g/mol. The van der Waals surface area contributed by atoms with E-state index in [9.17, 15) is 5.11 Å². The van der Waals surface area contributed by atoms with Crippen LogP contribution in [0.4, 0.5) is 0 Å². The van der Waals surface area contributed by atoms with Crippen LogP contribution in [-0.2, 0) is 0 Å². The highest BCUT2D eigenvalue weighted by molar-refractivity contribution is 7.97. The summed E-state index contributed by atoms with van der Waals surface area (Å²) in [6.07, 6.45) is 3.15. The molecule has 1 fully saturated rings. The fourth-order valence-corrected chi connectivity index (χ4v) is 2.89. The van der Waals surface area contributed by atoms with Gasteiger partial charge in [-0.05, 0) is 24.1 Å². The Balaban J connectivity index is 1.55. The Morgan fingerprint density at radius 3 is 2.65 bits per heavy atom. The lowest BCUT2D eigenvalue weighted by Gasteiger charge is -2.37. The molecule has 0 aliphatic carbocycles. The summed E-state index contributed by atoms with van der Waals surface area (Å²) in [7, 11) is 0. The summed E-state index contributed by atoms with van der Waals surface area (Å²) in [5.41, 5.74) is 0. The van der Waals surface area contributed by atoms with Crippen LogP contribution in [0.25, 0.3) is 0 Å². The van der Waals surface area contributed by atoms with Gasteiger partial charge in [-0.1, -0.05) is 18.2 Å². The van der Waals surface area contributed by atoms with Crippen molar-refractivity contribution in [3.63, 3.8) is 0 Å². The molecule has 1 saturated heterocycles. The zero-order chi connectivity index (χ0) is 11.7. The van der Waals surface area contributed by atoms with E-state index in [1.165, 1.54) is 11.1 Å². The molecule has 1 aromatic heterocycles. The molecule has 1 N–H and O–H groups in total. The zero-order valence-electron chi connectivity index (χ0n) is 9.23. The van der Waals surface area contributed by atoms with Gasteiger partial charge in [0.05, 0.1) is 18.4 Å². The van der Waals surface area contributed by atoms with E-state index in [4.69, 9.17) is 0 Å². The highest BCUT2D eigenvalue weighted by atomic mass is 32.2. The van der Waals surface area contributed by atoms with E-state index in [2.05, 4.69) is 21.5 Å². The number of rotatable bonds is 3. The van der Waals surface area contributed by atoms with Gasteiger partial charge in [-0.3, -0.25) is 4.68 Å². The van der Waals surface area contributed by atoms with Gasteiger partial charge in [0.1, 0.15) is 0 Å². The summed E-state index contributed by atoms with van der Waals surface area (Å²) in [6.45, 7) is 1.92. The lowest BCUT2D eigenvalue weighted by molar-refractivity contribution is 0.207. The number of aromatic nitrogens is 2. The molecule has 0 unspecified atom stereocenters. The quantitative estimate of drug-likeness (QED) is 0.844. The van der Waals surface area contributed by atoms with Crippen molar-refractivity contribution in [1.29, 1.82) is 0 Å². The second-order valence-corrected chi connectivity index (χ2v) is 5.25. The van der Waals surface area contributed by atoms with Crippen LogP contribution >= 0.6 is 11.9 Å². The van der Waals surface area contributed by atoms with Gasteiger partial charge >= 0.3 is 0 Å². The molecule has 0 bridgehead atoms. The Morgan fingerprint density at radius 2 is 2.00 bits per heavy atom. The molecule has 1 aromatic carbocycles. The summed E-state index contributed by atoms with van der Waals surface area (Å²) in [6, 6.07) is 10.7. The van der Waals surface area contributed by atoms with E-state index >= 15 is 0 Å². The monoisotopic (exact) mass is 247 g/mol. The minimum absolute atomic E-state index is 0.235. The molecule has 5 heteroatoms. The van der Waals surface area contributed by atoms with Crippen molar-refractivity contribution in [2.24, 2.45) is 0 Å². The molecule has 1 aliphatic rings. The minimum atomic E-state index is 0.235. The van der Waals surface area contributed by atoms with Crippen molar-refractivity contribution < 1.29 is 5.11 Å². The molecule has 0 saturated carbocycles. The summed E-state index contributed by atoms with van der Waals surface area (Å²) in [5.74, 6) is 0.235. The molecule has 4 nitrogen and oxygen atoms in total. The second kappa shape index (κ2) is 4.43. The Morgan fingerprint density at radius 1 is 1.24 bits per heavy atom. The van der Waals surface area contributed by atoms with Gasteiger partial charge in [-0.15, -0.1) is 0 Å². The van der Waals surface area contributed by atoms with E-state index < -0.39 is 0 Å². The van der Waals surface area contributed by atoms with Crippen LogP contribution in [0, 0.1) is 0 Å². The zero-order valence-corrected chi connectivity index (χ0v) is 10.0. The van der Waals surface area contributed by atoms with Crippen molar-refractivity contribution in [3.05, 3.63) is 42.7 Å². The van der Waals surface area contributed by atoms with Crippen LogP contribution in [0.2, 0.25) is 0 Å². The average Bonchev–Trinajstić information content (AvgIpc) is 2.71. The number of hydrogen-bond acceptors (Lipinski definition) is 4. The van der Waals surface area contributed by atoms with Crippen LogP contribution in [0.5, 0.6) is 5.75 Å². The molecule has 0 spiro atoms. The lowest BCUT2D eigenvalue weighted by atomic mass is 10.2. The van der Waals surface area contributed by atoms with Crippen molar-refractivity contribution in [2.75, 3.05) is 13.1 Å². The summed E-state index contributed by atoms with van der Waals surface area (Å²) in [5, 5.41) is 13.3. The molecule has 0 atom stereocenters. The molecule has 17 heavy (non-hydrogen) atoms. The lowest BCUT2D eigenvalue weighted by Crippen LogP contribution is -2.43. The highest BCUT2D eigenvalue weighted by Gasteiger charge is 2.29. The first-order chi connectivity index (χ1) is 8.31. The molecule has 0 radical (unpaired) electrons. The summed E-state index contributed by atoms with van der Waals surface area (Å²) < 4.78 is 4.12. The van der Waals surface area contributed by atoms with Crippen LogP contribution in [-0.4, -0.2) is 32.3 Å². The first-order valence-electron chi connectivity index (χ1n) is 5.52. The van der Waals surface area contributed by atoms with Crippen LogP contribution in [0.15, 0.2) is 47.6 Å². The van der Waals surface area contributed by atoms with E-state index in [0.29, 0.717) is 6.04 Å². The maximum absolute atomic E-state index is 9.22. The Kier molecular flexibility index (Phi) is 2.78. The predicted octanol–water partition coefficient (Wildman–Crippen LogP) is 2.15. The van der Waals surface area contributed by atoms with Crippen molar-refractivity contribution >= 4 is 11.9 Å². The predicted molar refractivity (Wildman–Crippen MR) is 66.8 cm³/mol. The number of benzene rings is 1. The third kappa shape index (κ3) is 2.30. The van der Waals surface area contributed by atoms with Crippen LogP contribution in [0.3, 0.4) is 0 Å². The maximum Gasteiger partial charge on any atom is 0.153 e. The highest BCUT2D eigenvalue weighted by Crippen LogP contribution is 2.32. The van der Waals surface area contributed by atoms with Crippen LogP contribution < -0.4 is 0 Å². The summed E-state index contributed by atoms with van der Waals surface area (Å²) in [4.78, 5) is 1.26. The molecule has 0 amide bonds. The smallest absolute Gasteiger partial charge is 0.153 e. The van der Waals surface area contributed by atoms with Gasteiger partial charge in [0.2, 0.25) is 0 Å². The van der Waals surface area contributed by atoms with Crippen molar-refractivity contribution in [2.45, 2.75) is 10.9 Å². The second-order valence-electron chi connectivity index (χ2n) is 4.08. The number of hydrogen-bond donors (Lipinski definition) is 1. The first kappa shape index (κ1) is 10.7.